The van der Waals surface area contributed by atoms with Gasteiger partial charge in [0.1, 0.15) is 24.1 Å². The highest BCUT2D eigenvalue weighted by atomic mass is 19.1. The SMILES string of the molecule is O=C(OCC1c2ccccc2-c2ccccc21)N1C2CCCC1CC(O)(c1c(F)cc(F)cc1F)C2. The van der Waals surface area contributed by atoms with Gasteiger partial charge in [-0.05, 0) is 41.5 Å². The molecule has 1 amide bonds. The van der Waals surface area contributed by atoms with Crippen molar-refractivity contribution < 1.29 is 27.8 Å². The lowest BCUT2D eigenvalue weighted by Gasteiger charge is -2.51. The summed E-state index contributed by atoms with van der Waals surface area (Å²) >= 11 is 0. The number of carbonyl (C=O) groups is 1. The molecule has 0 radical (unpaired) electrons. The highest BCUT2D eigenvalue weighted by Gasteiger charge is 2.50. The minimum Gasteiger partial charge on any atom is -0.448 e. The van der Waals surface area contributed by atoms with Gasteiger partial charge in [-0.1, -0.05) is 48.5 Å². The lowest BCUT2D eigenvalue weighted by Crippen LogP contribution is -2.59. The number of nitrogens with zero attached hydrogens (tertiary/aromatic N) is 1. The van der Waals surface area contributed by atoms with Gasteiger partial charge < -0.3 is 14.7 Å². The second-order valence-corrected chi connectivity index (χ2v) is 10.1. The molecular weight excluding hydrogens is 467 g/mol. The summed E-state index contributed by atoms with van der Waals surface area (Å²) in [5.74, 6) is -3.33. The molecule has 2 heterocycles. The van der Waals surface area contributed by atoms with E-state index in [-0.39, 0.29) is 25.4 Å². The third kappa shape index (κ3) is 3.68. The Kier molecular flexibility index (Phi) is 5.56. The van der Waals surface area contributed by atoms with Crippen LogP contribution in [0.3, 0.4) is 0 Å². The summed E-state index contributed by atoms with van der Waals surface area (Å²) in [5, 5.41) is 11.3. The molecule has 2 unspecified atom stereocenters. The largest absolute Gasteiger partial charge is 0.448 e. The van der Waals surface area contributed by atoms with Crippen LogP contribution < -0.4 is 0 Å². The smallest absolute Gasteiger partial charge is 0.410 e. The number of rotatable bonds is 3. The molecule has 7 heteroatoms. The van der Waals surface area contributed by atoms with Crippen LogP contribution in [-0.2, 0) is 10.3 Å². The van der Waals surface area contributed by atoms with Gasteiger partial charge in [0, 0.05) is 43.0 Å². The summed E-state index contributed by atoms with van der Waals surface area (Å²) in [5.41, 5.74) is 2.16. The molecule has 1 aliphatic carbocycles. The normalized spacial score (nSPS) is 24.8. The van der Waals surface area contributed by atoms with Crippen molar-refractivity contribution >= 4 is 6.09 Å². The fourth-order valence-corrected chi connectivity index (χ4v) is 6.59. The summed E-state index contributed by atoms with van der Waals surface area (Å²) < 4.78 is 48.5. The fraction of sp³-hybridized carbons (Fsp3) is 0.345. The topological polar surface area (TPSA) is 49.8 Å². The standard InChI is InChI=1S/C29H26F3NO3/c30-17-12-25(31)27(26(32)13-17)29(35)14-18-6-5-7-19(15-29)33(18)28(34)36-16-24-22-10-3-1-8-20(22)21-9-2-4-11-23(21)24/h1-4,8-13,18-19,24,35H,5-7,14-16H2. The molecule has 3 aromatic rings. The lowest BCUT2D eigenvalue weighted by atomic mass is 9.72. The van der Waals surface area contributed by atoms with Crippen molar-refractivity contribution in [3.05, 3.63) is 94.8 Å². The molecule has 2 bridgehead atoms. The van der Waals surface area contributed by atoms with Gasteiger partial charge in [-0.25, -0.2) is 18.0 Å². The van der Waals surface area contributed by atoms with Crippen LogP contribution in [-0.4, -0.2) is 34.8 Å². The van der Waals surface area contributed by atoms with Gasteiger partial charge in [0.2, 0.25) is 0 Å². The first-order valence-electron chi connectivity index (χ1n) is 12.4. The number of fused-ring (bicyclic) bond motifs is 5. The molecule has 0 spiro atoms. The van der Waals surface area contributed by atoms with E-state index in [2.05, 4.69) is 24.3 Å². The van der Waals surface area contributed by atoms with Crippen molar-refractivity contribution in [3.8, 4) is 11.1 Å². The van der Waals surface area contributed by atoms with Crippen LogP contribution in [0, 0.1) is 17.5 Å². The number of amides is 1. The Morgan fingerprint density at radius 2 is 1.44 bits per heavy atom. The van der Waals surface area contributed by atoms with Gasteiger partial charge >= 0.3 is 6.09 Å². The number of ether oxygens (including phenoxy) is 1. The molecule has 4 nitrogen and oxygen atoms in total. The first kappa shape index (κ1) is 23.1. The number of hydrogen-bond donors (Lipinski definition) is 1. The van der Waals surface area contributed by atoms with E-state index in [9.17, 15) is 23.1 Å². The van der Waals surface area contributed by atoms with Crippen molar-refractivity contribution in [3.63, 3.8) is 0 Å². The maximum absolute atomic E-state index is 14.6. The zero-order chi connectivity index (χ0) is 25.0. The molecule has 1 N–H and O–H groups in total. The highest BCUT2D eigenvalue weighted by molar-refractivity contribution is 5.79. The van der Waals surface area contributed by atoms with E-state index >= 15 is 0 Å². The minimum absolute atomic E-state index is 0.0346. The summed E-state index contributed by atoms with van der Waals surface area (Å²) in [6.45, 7) is 0.175. The van der Waals surface area contributed by atoms with Crippen molar-refractivity contribution in [1.82, 2.24) is 4.90 Å². The van der Waals surface area contributed by atoms with Crippen LogP contribution >= 0.6 is 0 Å². The average molecular weight is 494 g/mol. The molecule has 6 rings (SSSR count). The van der Waals surface area contributed by atoms with Crippen LogP contribution in [0.1, 0.15) is 54.7 Å². The van der Waals surface area contributed by atoms with E-state index in [4.69, 9.17) is 4.74 Å². The molecule has 3 aliphatic rings. The van der Waals surface area contributed by atoms with E-state index in [1.54, 1.807) is 4.90 Å². The predicted molar refractivity (Wildman–Crippen MR) is 128 cm³/mol. The minimum atomic E-state index is -1.82. The highest BCUT2D eigenvalue weighted by Crippen LogP contribution is 2.47. The molecule has 36 heavy (non-hydrogen) atoms. The van der Waals surface area contributed by atoms with Gasteiger partial charge in [0.15, 0.2) is 0 Å². The average Bonchev–Trinajstić information content (AvgIpc) is 3.15. The number of piperidine rings is 2. The molecular formula is C29H26F3NO3. The molecule has 186 valence electrons. The Bertz CT molecular complexity index is 1260. The Balaban J connectivity index is 1.22. The maximum Gasteiger partial charge on any atom is 0.410 e. The van der Waals surface area contributed by atoms with Crippen LogP contribution in [0.2, 0.25) is 0 Å². The first-order chi connectivity index (χ1) is 17.4. The van der Waals surface area contributed by atoms with Crippen molar-refractivity contribution in [2.45, 2.75) is 55.7 Å². The van der Waals surface area contributed by atoms with E-state index in [1.165, 1.54) is 0 Å². The van der Waals surface area contributed by atoms with Crippen molar-refractivity contribution in [2.24, 2.45) is 0 Å². The maximum atomic E-state index is 14.6. The summed E-state index contributed by atoms with van der Waals surface area (Å²) in [4.78, 5) is 15.0. The summed E-state index contributed by atoms with van der Waals surface area (Å²) in [6, 6.07) is 16.5. The van der Waals surface area contributed by atoms with Gasteiger partial charge in [-0.15, -0.1) is 0 Å². The van der Waals surface area contributed by atoms with Crippen LogP contribution in [0.4, 0.5) is 18.0 Å². The van der Waals surface area contributed by atoms with Gasteiger partial charge in [-0.2, -0.15) is 0 Å². The van der Waals surface area contributed by atoms with Crippen molar-refractivity contribution in [1.29, 1.82) is 0 Å². The predicted octanol–water partition coefficient (Wildman–Crippen LogP) is 6.26. The number of hydrogen-bond acceptors (Lipinski definition) is 3. The Hall–Kier alpha value is -3.32. The Labute approximate surface area is 207 Å². The van der Waals surface area contributed by atoms with Crippen molar-refractivity contribution in [2.75, 3.05) is 6.61 Å². The lowest BCUT2D eigenvalue weighted by molar-refractivity contribution is -0.0922. The quantitative estimate of drug-likeness (QED) is 0.469. The van der Waals surface area contributed by atoms with Gasteiger partial charge in [0.05, 0.1) is 11.2 Å². The van der Waals surface area contributed by atoms with Gasteiger partial charge in [0.25, 0.3) is 0 Å². The first-order valence-corrected chi connectivity index (χ1v) is 12.4. The van der Waals surface area contributed by atoms with E-state index in [0.717, 1.165) is 28.7 Å². The number of aliphatic hydroxyl groups is 1. The fourth-order valence-electron chi connectivity index (χ4n) is 6.59. The van der Waals surface area contributed by atoms with Crippen LogP contribution in [0.15, 0.2) is 60.7 Å². The summed E-state index contributed by atoms with van der Waals surface area (Å²) in [6.07, 6.45) is 1.47. The molecule has 2 saturated heterocycles. The van der Waals surface area contributed by atoms with E-state index < -0.39 is 46.8 Å². The number of benzene rings is 3. The molecule has 3 aromatic carbocycles. The van der Waals surface area contributed by atoms with Crippen LogP contribution in [0.5, 0.6) is 0 Å². The third-order valence-electron chi connectivity index (χ3n) is 8.03. The molecule has 2 aliphatic heterocycles. The zero-order valence-corrected chi connectivity index (χ0v) is 19.6. The van der Waals surface area contributed by atoms with E-state index in [1.807, 2.05) is 24.3 Å². The Morgan fingerprint density at radius 3 is 2.00 bits per heavy atom. The monoisotopic (exact) mass is 493 g/mol. The third-order valence-corrected chi connectivity index (χ3v) is 8.03. The summed E-state index contributed by atoms with van der Waals surface area (Å²) in [7, 11) is 0. The Morgan fingerprint density at radius 1 is 0.917 bits per heavy atom. The molecule has 2 fully saturated rings. The second kappa shape index (κ2) is 8.66. The van der Waals surface area contributed by atoms with Crippen LogP contribution in [0.25, 0.3) is 11.1 Å². The molecule has 0 saturated carbocycles. The molecule has 2 atom stereocenters. The molecule has 0 aromatic heterocycles. The van der Waals surface area contributed by atoms with Gasteiger partial charge in [-0.3, -0.25) is 0 Å². The van der Waals surface area contributed by atoms with E-state index in [0.29, 0.717) is 25.0 Å². The second-order valence-electron chi connectivity index (χ2n) is 10.1. The number of halogens is 3. The zero-order valence-electron chi connectivity index (χ0n) is 19.6. The number of carbonyl (C=O) groups excluding carboxylic acids is 1.